The van der Waals surface area contributed by atoms with E-state index in [9.17, 15) is 0 Å². The Balaban J connectivity index is 0.000000183. The van der Waals surface area contributed by atoms with Gasteiger partial charge in [-0.05, 0) is 0 Å². The Labute approximate surface area is 60.7 Å². The van der Waals surface area contributed by atoms with E-state index >= 15 is 0 Å². The summed E-state index contributed by atoms with van der Waals surface area (Å²) in [5.74, 6) is -4.01. The Morgan fingerprint density at radius 1 is 1.64 bits per heavy atom. The molecule has 0 fully saturated rings. The third-order valence-electron chi connectivity index (χ3n) is 0.536. The second-order valence-corrected chi connectivity index (χ2v) is 1.29. The lowest BCUT2D eigenvalue weighted by Gasteiger charge is -1.85. The molecule has 1 aromatic heterocycles. The molecule has 0 unspecified atom stereocenters. The second kappa shape index (κ2) is 4.91. The number of aromatic amines is 2. The summed E-state index contributed by atoms with van der Waals surface area (Å²) in [5, 5.41) is 25.0. The lowest BCUT2D eigenvalue weighted by atomic mass is 10.7. The van der Waals surface area contributed by atoms with Gasteiger partial charge in [0.1, 0.15) is 0 Å². The summed E-state index contributed by atoms with van der Waals surface area (Å²) >= 11 is 0. The summed E-state index contributed by atoms with van der Waals surface area (Å²) in [6.45, 7) is 0. The zero-order valence-corrected chi connectivity index (χ0v) is 5.27. The first-order valence-electron chi connectivity index (χ1n) is 2.44. The van der Waals surface area contributed by atoms with Gasteiger partial charge < -0.3 is 15.0 Å². The van der Waals surface area contributed by atoms with Crippen molar-refractivity contribution in [3.8, 4) is 0 Å². The molecule has 1 heterocycles. The van der Waals surface area contributed by atoms with E-state index in [1.165, 1.54) is 0 Å². The molecule has 3 N–H and O–H groups in total. The maximum absolute atomic E-state index is 9.04. The van der Waals surface area contributed by atoms with Crippen LogP contribution in [0.5, 0.6) is 0 Å². The average molecular weight is 159 g/mol. The number of carboxylic acid groups (broad SMARTS) is 2. The highest BCUT2D eigenvalue weighted by atomic mass is 16.4. The summed E-state index contributed by atoms with van der Waals surface area (Å²) < 4.78 is 0. The number of nitrogens with one attached hydrogen (secondary N) is 2. The van der Waals surface area contributed by atoms with Crippen LogP contribution in [0.4, 0.5) is 0 Å². The van der Waals surface area contributed by atoms with Crippen LogP contribution < -0.4 is 10.2 Å². The highest BCUT2D eigenvalue weighted by molar-refractivity contribution is 6.26. The van der Waals surface area contributed by atoms with Crippen LogP contribution in [0.1, 0.15) is 0 Å². The Morgan fingerprint density at radius 3 is 2.27 bits per heavy atom. The van der Waals surface area contributed by atoms with Crippen LogP contribution in [0, 0.1) is 0 Å². The third kappa shape index (κ3) is 5.96. The molecule has 7 heteroatoms. The quantitative estimate of drug-likeness (QED) is 0.392. The van der Waals surface area contributed by atoms with Gasteiger partial charge in [0.05, 0.1) is 0 Å². The highest BCUT2D eigenvalue weighted by Crippen LogP contribution is 1.49. The minimum Gasteiger partial charge on any atom is -0.539 e. The largest absolute Gasteiger partial charge is 0.539 e. The minimum absolute atomic E-state index is 1.64. The zero-order valence-electron chi connectivity index (χ0n) is 5.27. The SMILES string of the molecule is O=C([O-])C(=O)O.c1c[nH+][nH]n1. The smallest absolute Gasteiger partial charge is 0.351 e. The van der Waals surface area contributed by atoms with Gasteiger partial charge in [-0.1, -0.05) is 5.21 Å². The molecule has 0 bridgehead atoms. The summed E-state index contributed by atoms with van der Waals surface area (Å²) in [5.41, 5.74) is 0. The van der Waals surface area contributed by atoms with E-state index in [0.717, 1.165) is 0 Å². The van der Waals surface area contributed by atoms with E-state index in [1.807, 2.05) is 0 Å². The van der Waals surface area contributed by atoms with Crippen LogP contribution in [-0.4, -0.2) is 27.4 Å². The van der Waals surface area contributed by atoms with Crippen molar-refractivity contribution in [3.63, 3.8) is 0 Å². The van der Waals surface area contributed by atoms with E-state index in [2.05, 4.69) is 15.4 Å². The van der Waals surface area contributed by atoms with Crippen molar-refractivity contribution in [2.45, 2.75) is 0 Å². The van der Waals surface area contributed by atoms with Gasteiger partial charge >= 0.3 is 5.97 Å². The van der Waals surface area contributed by atoms with E-state index in [4.69, 9.17) is 19.8 Å². The lowest BCUT2D eigenvalue weighted by molar-refractivity contribution is -0.454. The van der Waals surface area contributed by atoms with Crippen molar-refractivity contribution < 1.29 is 24.9 Å². The molecule has 0 aliphatic rings. The van der Waals surface area contributed by atoms with Gasteiger partial charge in [-0.2, -0.15) is 5.10 Å². The Bertz CT molecular complexity index is 190. The molecule has 0 spiro atoms. The van der Waals surface area contributed by atoms with E-state index in [1.54, 1.807) is 12.4 Å². The molecule has 0 aliphatic carbocycles. The molecule has 0 aromatic carbocycles. The Morgan fingerprint density at radius 2 is 2.18 bits per heavy atom. The summed E-state index contributed by atoms with van der Waals surface area (Å²) in [6.07, 6.45) is 3.35. The predicted molar refractivity (Wildman–Crippen MR) is 27.8 cm³/mol. The molecule has 1 aromatic rings. The van der Waals surface area contributed by atoms with Crippen LogP contribution in [0.2, 0.25) is 0 Å². The zero-order chi connectivity index (χ0) is 8.69. The number of carbonyl (C=O) groups excluding carboxylic acids is 1. The fraction of sp³-hybridized carbons (Fsp3) is 0. The standard InChI is InChI=1S/C2H3N3.C2H2O4/c1-2-4-5-3-1;3-1(4)2(5)6/h1-2H,(H,3,4,5);(H,3,4)(H,5,6). The molecular formula is C4H5N3O4. The number of H-pyrrole nitrogens is 2. The van der Waals surface area contributed by atoms with Crippen LogP contribution in [0.3, 0.4) is 0 Å². The Hall–Kier alpha value is -1.92. The normalized spacial score (nSPS) is 7.64. The highest BCUT2D eigenvalue weighted by Gasteiger charge is 1.90. The average Bonchev–Trinajstić information content (AvgIpc) is 2.41. The van der Waals surface area contributed by atoms with E-state index < -0.39 is 11.9 Å². The van der Waals surface area contributed by atoms with Crippen molar-refractivity contribution in [2.24, 2.45) is 0 Å². The Kier molecular flexibility index (Phi) is 4.06. The first kappa shape index (κ1) is 9.08. The van der Waals surface area contributed by atoms with Gasteiger partial charge in [0.25, 0.3) is 0 Å². The molecule has 0 aliphatic heterocycles. The van der Waals surface area contributed by atoms with Gasteiger partial charge in [0, 0.05) is 5.10 Å². The van der Waals surface area contributed by atoms with Crippen molar-refractivity contribution in [3.05, 3.63) is 12.4 Å². The van der Waals surface area contributed by atoms with Gasteiger partial charge in [-0.15, -0.1) is 0 Å². The number of carboxylic acids is 2. The number of aliphatic carboxylic acids is 2. The predicted octanol–water partition coefficient (Wildman–Crippen LogP) is -2.96. The molecule has 11 heavy (non-hydrogen) atoms. The minimum atomic E-state index is -2.07. The van der Waals surface area contributed by atoms with Crippen LogP contribution in [0.15, 0.2) is 12.4 Å². The van der Waals surface area contributed by atoms with Gasteiger partial charge in [0.2, 0.25) is 6.20 Å². The number of carbonyl (C=O) groups is 2. The van der Waals surface area contributed by atoms with Crippen molar-refractivity contribution in [1.29, 1.82) is 0 Å². The molecule has 0 amide bonds. The van der Waals surface area contributed by atoms with Gasteiger partial charge in [0.15, 0.2) is 12.2 Å². The maximum Gasteiger partial charge on any atom is 0.351 e. The molecule has 0 saturated heterocycles. The van der Waals surface area contributed by atoms with E-state index in [-0.39, 0.29) is 0 Å². The molecule has 0 radical (unpaired) electrons. The summed E-state index contributed by atoms with van der Waals surface area (Å²) in [7, 11) is 0. The van der Waals surface area contributed by atoms with Crippen molar-refractivity contribution in [1.82, 2.24) is 10.3 Å². The number of aromatic nitrogens is 3. The molecule has 0 saturated carbocycles. The topological polar surface area (TPSA) is 120 Å². The molecule has 7 nitrogen and oxygen atoms in total. The molecule has 0 atom stereocenters. The van der Waals surface area contributed by atoms with Crippen molar-refractivity contribution in [2.75, 3.05) is 0 Å². The van der Waals surface area contributed by atoms with Crippen LogP contribution in [0.25, 0.3) is 0 Å². The lowest BCUT2D eigenvalue weighted by Crippen LogP contribution is -2.30. The number of rotatable bonds is 0. The number of hydrogen-bond acceptors (Lipinski definition) is 4. The summed E-state index contributed by atoms with van der Waals surface area (Å²) in [6, 6.07) is 0. The van der Waals surface area contributed by atoms with Crippen molar-refractivity contribution >= 4 is 11.9 Å². The summed E-state index contributed by atoms with van der Waals surface area (Å²) in [4.78, 5) is 18.0. The second-order valence-electron chi connectivity index (χ2n) is 1.29. The number of nitrogens with zero attached hydrogens (tertiary/aromatic N) is 1. The maximum atomic E-state index is 9.04. The fourth-order valence-electron chi connectivity index (χ4n) is 0.186. The first-order valence-corrected chi connectivity index (χ1v) is 2.44. The molecule has 1 rings (SSSR count). The third-order valence-corrected chi connectivity index (χ3v) is 0.536. The first-order chi connectivity index (χ1) is 5.14. The molecule has 60 valence electrons. The van der Waals surface area contributed by atoms with E-state index in [0.29, 0.717) is 0 Å². The van der Waals surface area contributed by atoms with Crippen LogP contribution in [-0.2, 0) is 9.59 Å². The monoisotopic (exact) mass is 159 g/mol. The van der Waals surface area contributed by atoms with Crippen LogP contribution >= 0.6 is 0 Å². The van der Waals surface area contributed by atoms with Gasteiger partial charge in [-0.25, -0.2) is 4.79 Å². The fourth-order valence-corrected chi connectivity index (χ4v) is 0.186. The molecular weight excluding hydrogens is 154 g/mol. The van der Waals surface area contributed by atoms with Gasteiger partial charge in [-0.3, -0.25) is 0 Å². The number of hydrogen-bond donors (Lipinski definition) is 2.